The molecule has 152 valence electrons. The second-order valence-electron chi connectivity index (χ2n) is 6.40. The van der Waals surface area contributed by atoms with Gasteiger partial charge >= 0.3 is 10.1 Å². The first kappa shape index (κ1) is 21.4. The van der Waals surface area contributed by atoms with Gasteiger partial charge in [0.2, 0.25) is 0 Å². The average Bonchev–Trinajstić information content (AvgIpc) is 2.72. The molecule has 9 heteroatoms. The summed E-state index contributed by atoms with van der Waals surface area (Å²) in [6.07, 6.45) is 2.09. The number of hydrogen-bond acceptors (Lipinski definition) is 5. The van der Waals surface area contributed by atoms with Gasteiger partial charge in [-0.3, -0.25) is 4.79 Å². The zero-order chi connectivity index (χ0) is 21.2. The van der Waals surface area contributed by atoms with Crippen LogP contribution in [0.15, 0.2) is 64.4 Å². The number of benzene rings is 2. The summed E-state index contributed by atoms with van der Waals surface area (Å²) >= 11 is 11.6. The summed E-state index contributed by atoms with van der Waals surface area (Å²) in [5.74, 6) is 0.449. The largest absolute Gasteiger partial charge is 0.379 e. The van der Waals surface area contributed by atoms with Crippen LogP contribution in [0.4, 0.5) is 0 Å². The topological polar surface area (TPSA) is 78.3 Å². The molecule has 0 amide bonds. The molecule has 0 aliphatic heterocycles. The van der Waals surface area contributed by atoms with E-state index in [4.69, 9.17) is 27.4 Å². The lowest BCUT2D eigenvalue weighted by Crippen LogP contribution is -2.21. The van der Waals surface area contributed by atoms with Crippen LogP contribution in [0.3, 0.4) is 0 Å². The lowest BCUT2D eigenvalue weighted by Gasteiger charge is -2.15. The van der Waals surface area contributed by atoms with E-state index < -0.39 is 15.7 Å². The summed E-state index contributed by atoms with van der Waals surface area (Å²) in [6.45, 7) is 4.03. The van der Waals surface area contributed by atoms with Crippen molar-refractivity contribution in [2.75, 3.05) is 0 Å². The van der Waals surface area contributed by atoms with Crippen molar-refractivity contribution in [2.24, 2.45) is 0 Å². The highest BCUT2D eigenvalue weighted by Gasteiger charge is 2.20. The first-order valence-electron chi connectivity index (χ1n) is 8.81. The van der Waals surface area contributed by atoms with E-state index in [0.717, 1.165) is 16.7 Å². The minimum atomic E-state index is -4.06. The van der Waals surface area contributed by atoms with E-state index in [-0.39, 0.29) is 20.9 Å². The van der Waals surface area contributed by atoms with Gasteiger partial charge < -0.3 is 4.18 Å². The molecule has 0 N–H and O–H groups in total. The van der Waals surface area contributed by atoms with Crippen molar-refractivity contribution < 1.29 is 12.6 Å². The highest BCUT2D eigenvalue weighted by atomic mass is 35.5. The molecular formula is C20H18Cl2N2O4S. The van der Waals surface area contributed by atoms with Crippen LogP contribution >= 0.6 is 23.2 Å². The third-order valence-electron chi connectivity index (χ3n) is 4.51. The Hall–Kier alpha value is -2.35. The van der Waals surface area contributed by atoms with E-state index in [9.17, 15) is 13.2 Å². The van der Waals surface area contributed by atoms with Crippen LogP contribution in [-0.2, 0) is 10.1 Å². The molecule has 0 spiro atoms. The Bertz CT molecular complexity index is 1190. The predicted molar refractivity (Wildman–Crippen MR) is 113 cm³/mol. The Morgan fingerprint density at radius 3 is 2.41 bits per heavy atom. The molecule has 1 unspecified atom stereocenters. The molecule has 29 heavy (non-hydrogen) atoms. The molecule has 0 fully saturated rings. The Balaban J connectivity index is 1.92. The normalized spacial score (nSPS) is 12.6. The molecule has 0 aliphatic carbocycles. The third-order valence-corrected chi connectivity index (χ3v) is 6.51. The summed E-state index contributed by atoms with van der Waals surface area (Å²) in [4.78, 5) is 12.1. The fourth-order valence-corrected chi connectivity index (χ4v) is 3.91. The smallest absolute Gasteiger partial charge is 0.339 e. The Labute approximate surface area is 178 Å². The van der Waals surface area contributed by atoms with Crippen molar-refractivity contribution in [2.45, 2.75) is 31.1 Å². The van der Waals surface area contributed by atoms with Crippen molar-refractivity contribution in [3.8, 4) is 11.4 Å². The van der Waals surface area contributed by atoms with Gasteiger partial charge in [-0.2, -0.15) is 18.2 Å². The van der Waals surface area contributed by atoms with Crippen molar-refractivity contribution in [1.82, 2.24) is 9.78 Å². The van der Waals surface area contributed by atoms with Gasteiger partial charge in [0.25, 0.3) is 5.56 Å². The van der Waals surface area contributed by atoms with Crippen LogP contribution in [0.25, 0.3) is 5.69 Å². The first-order valence-corrected chi connectivity index (χ1v) is 11.0. The maximum atomic E-state index is 12.7. The second-order valence-corrected chi connectivity index (χ2v) is 8.73. The van der Waals surface area contributed by atoms with Crippen LogP contribution < -0.4 is 9.74 Å². The molecule has 0 radical (unpaired) electrons. The second kappa shape index (κ2) is 8.57. The maximum absolute atomic E-state index is 12.7. The van der Waals surface area contributed by atoms with E-state index in [0.29, 0.717) is 11.4 Å². The predicted octanol–water partition coefficient (Wildman–Crippen LogP) is 4.82. The molecule has 1 aromatic heterocycles. The van der Waals surface area contributed by atoms with Gasteiger partial charge in [-0.1, -0.05) is 55.2 Å². The van der Waals surface area contributed by atoms with Gasteiger partial charge in [-0.15, -0.1) is 0 Å². The van der Waals surface area contributed by atoms with Gasteiger partial charge in [0, 0.05) is 0 Å². The van der Waals surface area contributed by atoms with Gasteiger partial charge in [0.15, 0.2) is 0 Å². The summed E-state index contributed by atoms with van der Waals surface area (Å²) in [6, 6.07) is 12.6. The van der Waals surface area contributed by atoms with E-state index in [2.05, 4.69) is 5.10 Å². The SMILES string of the molecule is CCC(C)c1ccccc1OS(=O)(=O)c1ccc(-n2ncc(Cl)c(Cl)c2=O)cc1. The van der Waals surface area contributed by atoms with Crippen LogP contribution in [0.5, 0.6) is 5.75 Å². The third kappa shape index (κ3) is 4.47. The quantitative estimate of drug-likeness (QED) is 0.500. The van der Waals surface area contributed by atoms with Gasteiger partial charge in [-0.25, -0.2) is 0 Å². The van der Waals surface area contributed by atoms with Crippen molar-refractivity contribution in [1.29, 1.82) is 0 Å². The number of hydrogen-bond donors (Lipinski definition) is 0. The molecule has 0 saturated heterocycles. The minimum absolute atomic E-state index is 0.0421. The van der Waals surface area contributed by atoms with E-state index in [1.807, 2.05) is 26.0 Å². The van der Waals surface area contributed by atoms with Crippen LogP contribution in [-0.4, -0.2) is 18.2 Å². The molecule has 3 rings (SSSR count). The number of nitrogens with zero attached hydrogens (tertiary/aromatic N) is 2. The van der Waals surface area contributed by atoms with E-state index >= 15 is 0 Å². The van der Waals surface area contributed by atoms with Gasteiger partial charge in [-0.05, 0) is 48.2 Å². The van der Waals surface area contributed by atoms with Crippen molar-refractivity contribution >= 4 is 33.3 Å². The van der Waals surface area contributed by atoms with Gasteiger partial charge in [0.1, 0.15) is 15.7 Å². The van der Waals surface area contributed by atoms with Crippen molar-refractivity contribution in [3.05, 3.63) is 80.7 Å². The number of rotatable bonds is 6. The summed E-state index contributed by atoms with van der Waals surface area (Å²) in [5, 5.41) is 3.79. The lowest BCUT2D eigenvalue weighted by atomic mass is 9.98. The molecule has 1 heterocycles. The minimum Gasteiger partial charge on any atom is -0.379 e. The summed E-state index contributed by atoms with van der Waals surface area (Å²) < 4.78 is 31.9. The molecule has 0 saturated carbocycles. The standard InChI is InChI=1S/C20H18Cl2N2O4S/c1-3-13(2)16-6-4-5-7-18(16)28-29(26,27)15-10-8-14(9-11-15)24-20(25)19(22)17(21)12-23-24/h4-13H,3H2,1-2H3. The highest BCUT2D eigenvalue weighted by molar-refractivity contribution is 7.87. The van der Waals surface area contributed by atoms with Gasteiger partial charge in [0.05, 0.1) is 16.9 Å². The summed E-state index contributed by atoms with van der Waals surface area (Å²) in [7, 11) is -4.06. The lowest BCUT2D eigenvalue weighted by molar-refractivity contribution is 0.479. The van der Waals surface area contributed by atoms with Crippen LogP contribution in [0.1, 0.15) is 31.7 Å². The van der Waals surface area contributed by atoms with Crippen LogP contribution in [0, 0.1) is 0 Å². The molecule has 3 aromatic rings. The average molecular weight is 453 g/mol. The number of para-hydroxylation sites is 1. The van der Waals surface area contributed by atoms with Crippen molar-refractivity contribution in [3.63, 3.8) is 0 Å². The fraction of sp³-hybridized carbons (Fsp3) is 0.200. The first-order chi connectivity index (χ1) is 13.7. The molecule has 6 nitrogen and oxygen atoms in total. The molecule has 2 aromatic carbocycles. The molecule has 0 aliphatic rings. The molecule has 0 bridgehead atoms. The molecule has 1 atom stereocenters. The molecular weight excluding hydrogens is 435 g/mol. The fourth-order valence-electron chi connectivity index (χ4n) is 2.70. The Morgan fingerprint density at radius 2 is 1.76 bits per heavy atom. The Kier molecular flexibility index (Phi) is 6.31. The number of halogens is 2. The Morgan fingerprint density at radius 1 is 1.10 bits per heavy atom. The number of aromatic nitrogens is 2. The maximum Gasteiger partial charge on any atom is 0.339 e. The summed E-state index contributed by atoms with van der Waals surface area (Å²) in [5.41, 5.74) is 0.558. The highest BCUT2D eigenvalue weighted by Crippen LogP contribution is 2.30. The van der Waals surface area contributed by atoms with E-state index in [1.54, 1.807) is 12.1 Å². The monoisotopic (exact) mass is 452 g/mol. The zero-order valence-corrected chi connectivity index (χ0v) is 18.0. The van der Waals surface area contributed by atoms with Crippen LogP contribution in [0.2, 0.25) is 10.0 Å². The zero-order valence-electron chi connectivity index (χ0n) is 15.7. The van der Waals surface area contributed by atoms with E-state index in [1.165, 1.54) is 30.5 Å².